The molecule has 0 spiro atoms. The van der Waals surface area contributed by atoms with Crippen LogP contribution in [0, 0.1) is 10.1 Å². The van der Waals surface area contributed by atoms with Crippen molar-refractivity contribution in [3.63, 3.8) is 0 Å². The van der Waals surface area contributed by atoms with Gasteiger partial charge in [-0.15, -0.1) is 0 Å². The van der Waals surface area contributed by atoms with Crippen molar-refractivity contribution in [1.82, 2.24) is 5.32 Å². The second-order valence-electron chi connectivity index (χ2n) is 9.42. The summed E-state index contributed by atoms with van der Waals surface area (Å²) in [5.41, 5.74) is 2.91. The van der Waals surface area contributed by atoms with Gasteiger partial charge in [-0.05, 0) is 19.4 Å². The third-order valence-electron chi connectivity index (χ3n) is 6.18. The number of likely N-dealkylation sites (N-methyl/N-ethyl adjacent to an activating group) is 1. The van der Waals surface area contributed by atoms with E-state index in [1.165, 1.54) is 30.9 Å². The number of non-ortho nitro benzene ring substituents is 1. The number of quaternary nitrogens is 1. The summed E-state index contributed by atoms with van der Waals surface area (Å²) >= 11 is 0. The molecule has 2 aromatic rings. The van der Waals surface area contributed by atoms with Gasteiger partial charge in [-0.2, -0.15) is 0 Å². The summed E-state index contributed by atoms with van der Waals surface area (Å²) in [7, 11) is 5.37. The average molecular weight is 495 g/mol. The van der Waals surface area contributed by atoms with Crippen molar-refractivity contribution in [3.8, 4) is 0 Å². The molecule has 1 aliphatic heterocycles. The highest BCUT2D eigenvalue weighted by Gasteiger charge is 2.38. The quantitative estimate of drug-likeness (QED) is 0.244. The second-order valence-corrected chi connectivity index (χ2v) is 9.42. The Bertz CT molecular complexity index is 1220. The molecule has 0 saturated heterocycles. The number of benzene rings is 2. The van der Waals surface area contributed by atoms with Gasteiger partial charge >= 0.3 is 11.9 Å². The van der Waals surface area contributed by atoms with E-state index in [2.05, 4.69) is 31.5 Å². The van der Waals surface area contributed by atoms with Crippen LogP contribution in [0.3, 0.4) is 0 Å². The summed E-state index contributed by atoms with van der Waals surface area (Å²) in [5, 5.41) is 14.5. The fourth-order valence-electron chi connectivity index (χ4n) is 4.42. The van der Waals surface area contributed by atoms with Gasteiger partial charge in [0.2, 0.25) is 0 Å². The van der Waals surface area contributed by atoms with E-state index in [4.69, 9.17) is 9.47 Å². The molecule has 1 N–H and O–H groups in total. The van der Waals surface area contributed by atoms with Gasteiger partial charge in [-0.1, -0.05) is 42.5 Å². The van der Waals surface area contributed by atoms with Crippen LogP contribution in [0.2, 0.25) is 0 Å². The fraction of sp³-hybridized carbons (Fsp3) is 0.333. The van der Waals surface area contributed by atoms with E-state index < -0.39 is 22.8 Å². The summed E-state index contributed by atoms with van der Waals surface area (Å²) in [5.74, 6) is -2.10. The number of hydrogen-bond donors (Lipinski definition) is 1. The Morgan fingerprint density at radius 1 is 1.00 bits per heavy atom. The number of nitro benzene ring substituents is 1. The molecule has 1 aliphatic rings. The molecule has 0 amide bonds. The van der Waals surface area contributed by atoms with Gasteiger partial charge in [0.15, 0.2) is 0 Å². The predicted molar refractivity (Wildman–Crippen MR) is 134 cm³/mol. The van der Waals surface area contributed by atoms with E-state index in [1.807, 2.05) is 18.2 Å². The highest BCUT2D eigenvalue weighted by atomic mass is 16.6. The van der Waals surface area contributed by atoms with Gasteiger partial charge in [0.25, 0.3) is 5.69 Å². The normalized spacial score (nSPS) is 15.9. The van der Waals surface area contributed by atoms with Crippen molar-refractivity contribution in [2.45, 2.75) is 26.3 Å². The molecular weight excluding hydrogens is 462 g/mol. The molecule has 3 rings (SSSR count). The number of ether oxygens (including phenoxy) is 2. The van der Waals surface area contributed by atoms with Crippen LogP contribution in [0.1, 0.15) is 30.9 Å². The first-order valence-corrected chi connectivity index (χ1v) is 11.6. The van der Waals surface area contributed by atoms with Gasteiger partial charge in [0.05, 0.1) is 43.2 Å². The van der Waals surface area contributed by atoms with Crippen molar-refractivity contribution < 1.29 is 28.5 Å². The smallest absolute Gasteiger partial charge is 0.336 e. The maximum atomic E-state index is 13.4. The number of dihydropyridines is 1. The van der Waals surface area contributed by atoms with Crippen molar-refractivity contribution in [1.29, 1.82) is 0 Å². The lowest BCUT2D eigenvalue weighted by Gasteiger charge is -2.31. The van der Waals surface area contributed by atoms with Crippen LogP contribution in [0.5, 0.6) is 0 Å². The van der Waals surface area contributed by atoms with Crippen molar-refractivity contribution in [3.05, 3.63) is 98.4 Å². The molecule has 0 bridgehead atoms. The standard InChI is InChI=1S/C27H31N3O6/c1-18-23(26(31)35-5)25(21-12-9-13-22(16-21)29(33)34)24(19(2)28-18)27(32)36-15-14-30(3,4)17-20-10-7-6-8-11-20/h6-13,16,25H,14-15,17H2,1-5H3/p+1. The minimum absolute atomic E-state index is 0.141. The van der Waals surface area contributed by atoms with Gasteiger partial charge in [-0.3, -0.25) is 10.1 Å². The monoisotopic (exact) mass is 494 g/mol. The van der Waals surface area contributed by atoms with Crippen molar-refractivity contribution in [2.24, 2.45) is 0 Å². The van der Waals surface area contributed by atoms with Crippen LogP contribution in [0.4, 0.5) is 5.69 Å². The predicted octanol–water partition coefficient (Wildman–Crippen LogP) is 3.82. The van der Waals surface area contributed by atoms with Gasteiger partial charge in [-0.25, -0.2) is 9.59 Å². The summed E-state index contributed by atoms with van der Waals surface area (Å²) in [6.45, 7) is 4.92. The van der Waals surface area contributed by atoms with Crippen LogP contribution in [-0.2, 0) is 25.6 Å². The lowest BCUT2D eigenvalue weighted by Crippen LogP contribution is -2.42. The highest BCUT2D eigenvalue weighted by molar-refractivity contribution is 5.99. The van der Waals surface area contributed by atoms with Gasteiger partial charge < -0.3 is 19.3 Å². The number of hydrogen-bond acceptors (Lipinski definition) is 7. The average Bonchev–Trinajstić information content (AvgIpc) is 2.83. The zero-order chi connectivity index (χ0) is 26.5. The first-order chi connectivity index (χ1) is 17.0. The summed E-state index contributed by atoms with van der Waals surface area (Å²) in [6, 6.07) is 16.0. The first-order valence-electron chi connectivity index (χ1n) is 11.6. The molecular formula is C27H32N3O6+. The van der Waals surface area contributed by atoms with Crippen LogP contribution >= 0.6 is 0 Å². The van der Waals surface area contributed by atoms with Gasteiger partial charge in [0.1, 0.15) is 19.7 Å². The molecule has 0 aliphatic carbocycles. The molecule has 1 atom stereocenters. The molecule has 0 aromatic heterocycles. The maximum Gasteiger partial charge on any atom is 0.336 e. The van der Waals surface area contributed by atoms with Crippen molar-refractivity contribution in [2.75, 3.05) is 34.4 Å². The fourth-order valence-corrected chi connectivity index (χ4v) is 4.42. The zero-order valence-corrected chi connectivity index (χ0v) is 21.2. The minimum Gasteiger partial charge on any atom is -0.466 e. The van der Waals surface area contributed by atoms with E-state index in [1.54, 1.807) is 19.9 Å². The van der Waals surface area contributed by atoms with Crippen LogP contribution in [-0.4, -0.2) is 55.7 Å². The molecule has 0 radical (unpaired) electrons. The van der Waals surface area contributed by atoms with E-state index in [9.17, 15) is 19.7 Å². The van der Waals surface area contributed by atoms with Crippen LogP contribution in [0.25, 0.3) is 0 Å². The van der Waals surface area contributed by atoms with Gasteiger partial charge in [0, 0.05) is 29.1 Å². The molecule has 9 nitrogen and oxygen atoms in total. The van der Waals surface area contributed by atoms with E-state index >= 15 is 0 Å². The number of nitrogens with zero attached hydrogens (tertiary/aromatic N) is 2. The Labute approximate surface area is 210 Å². The molecule has 1 heterocycles. The van der Waals surface area contributed by atoms with Crippen LogP contribution in [0.15, 0.2) is 77.1 Å². The topological polar surface area (TPSA) is 108 Å². The zero-order valence-electron chi connectivity index (χ0n) is 21.2. The third kappa shape index (κ3) is 6.17. The SMILES string of the molecule is COC(=O)C1=C(C)NC(C)=C(C(=O)OCC[N+](C)(C)Cc2ccccc2)C1c1cccc([N+](=O)[O-])c1. The number of allylic oxidation sites excluding steroid dienone is 2. The number of rotatable bonds is 9. The molecule has 190 valence electrons. The number of carbonyl (C=O) groups excluding carboxylic acids is 2. The molecule has 1 unspecified atom stereocenters. The first kappa shape index (κ1) is 26.6. The third-order valence-corrected chi connectivity index (χ3v) is 6.18. The Balaban J connectivity index is 1.86. The Kier molecular flexibility index (Phi) is 8.26. The second kappa shape index (κ2) is 11.2. The Hall–Kier alpha value is -3.98. The minimum atomic E-state index is -0.877. The Morgan fingerprint density at radius 3 is 2.25 bits per heavy atom. The molecule has 9 heteroatoms. The lowest BCUT2D eigenvalue weighted by atomic mass is 9.80. The molecule has 36 heavy (non-hydrogen) atoms. The van der Waals surface area contributed by atoms with E-state index in [0.717, 1.165) is 6.54 Å². The van der Waals surface area contributed by atoms with E-state index in [0.29, 0.717) is 28.0 Å². The highest BCUT2D eigenvalue weighted by Crippen LogP contribution is 2.40. The van der Waals surface area contributed by atoms with E-state index in [-0.39, 0.29) is 23.4 Å². The largest absolute Gasteiger partial charge is 0.466 e. The molecule has 2 aromatic carbocycles. The number of nitro groups is 1. The number of esters is 2. The maximum absolute atomic E-state index is 13.4. The number of carbonyl (C=O) groups is 2. The number of methoxy groups -OCH3 is 1. The number of nitrogens with one attached hydrogen (secondary N) is 1. The summed E-state index contributed by atoms with van der Waals surface area (Å²) < 4.78 is 11.3. The Morgan fingerprint density at radius 2 is 1.64 bits per heavy atom. The molecule has 0 fully saturated rings. The van der Waals surface area contributed by atoms with Crippen LogP contribution < -0.4 is 5.32 Å². The lowest BCUT2D eigenvalue weighted by molar-refractivity contribution is -0.903. The van der Waals surface area contributed by atoms with Crippen molar-refractivity contribution >= 4 is 17.6 Å². The molecule has 0 saturated carbocycles. The summed E-state index contributed by atoms with van der Waals surface area (Å²) in [6.07, 6.45) is 0. The summed E-state index contributed by atoms with van der Waals surface area (Å²) in [4.78, 5) is 37.0.